The van der Waals surface area contributed by atoms with Crippen LogP contribution in [0.1, 0.15) is 54.9 Å². The van der Waals surface area contributed by atoms with E-state index in [4.69, 9.17) is 15.2 Å². The predicted octanol–water partition coefficient (Wildman–Crippen LogP) is 3.56. The standard InChI is InChI=1S/C23H30FN3O3S/c24-12-17-13-27(9-10-29-17)15-2-4-16(5-3-15)30-18-7-8-26-23-22(18)21-14(11-20(25)28)1-6-19(21)31-23/h7-8,14-17H,1-6,9-13H2,(H2,25,28)/t14-,15?,16?,17-/m1/s1. The van der Waals surface area contributed by atoms with E-state index in [1.54, 1.807) is 11.3 Å². The van der Waals surface area contributed by atoms with E-state index < -0.39 is 6.67 Å². The summed E-state index contributed by atoms with van der Waals surface area (Å²) in [6.07, 6.45) is 8.16. The van der Waals surface area contributed by atoms with E-state index in [9.17, 15) is 9.18 Å². The first-order valence-corrected chi connectivity index (χ1v) is 12.2. The summed E-state index contributed by atoms with van der Waals surface area (Å²) in [6.45, 7) is 1.80. The van der Waals surface area contributed by atoms with Crippen molar-refractivity contribution in [2.75, 3.05) is 26.4 Å². The highest BCUT2D eigenvalue weighted by Crippen LogP contribution is 2.48. The van der Waals surface area contributed by atoms with Gasteiger partial charge in [0.1, 0.15) is 17.3 Å². The van der Waals surface area contributed by atoms with Crippen LogP contribution in [0.2, 0.25) is 0 Å². The Morgan fingerprint density at radius 1 is 1.32 bits per heavy atom. The van der Waals surface area contributed by atoms with Gasteiger partial charge in [-0.3, -0.25) is 9.69 Å². The Balaban J connectivity index is 1.28. The van der Waals surface area contributed by atoms with Crippen LogP contribution in [0, 0.1) is 0 Å². The number of nitrogens with two attached hydrogens (primary N) is 1. The van der Waals surface area contributed by atoms with E-state index in [2.05, 4.69) is 9.88 Å². The number of hydrogen-bond donors (Lipinski definition) is 1. The molecule has 0 bridgehead atoms. The topological polar surface area (TPSA) is 77.7 Å². The molecule has 2 atom stereocenters. The van der Waals surface area contributed by atoms with E-state index >= 15 is 0 Å². The maximum atomic E-state index is 13.0. The van der Waals surface area contributed by atoms with Crippen LogP contribution in [0.5, 0.6) is 5.75 Å². The number of pyridine rings is 1. The van der Waals surface area contributed by atoms with E-state index in [1.807, 2.05) is 12.3 Å². The van der Waals surface area contributed by atoms with Crippen LogP contribution in [0.25, 0.3) is 10.2 Å². The number of halogens is 1. The molecule has 1 saturated heterocycles. The Kier molecular flexibility index (Phi) is 6.12. The monoisotopic (exact) mass is 447 g/mol. The van der Waals surface area contributed by atoms with Crippen LogP contribution in [0.15, 0.2) is 12.3 Å². The lowest BCUT2D eigenvalue weighted by Gasteiger charge is -2.40. The second kappa shape index (κ2) is 9.00. The molecule has 0 spiro atoms. The fourth-order valence-corrected chi connectivity index (χ4v) is 6.81. The average molecular weight is 448 g/mol. The third kappa shape index (κ3) is 4.30. The van der Waals surface area contributed by atoms with Crippen molar-refractivity contribution in [3.05, 3.63) is 22.7 Å². The van der Waals surface area contributed by atoms with E-state index in [0.717, 1.165) is 61.0 Å². The predicted molar refractivity (Wildman–Crippen MR) is 118 cm³/mol. The summed E-state index contributed by atoms with van der Waals surface area (Å²) < 4.78 is 25.0. The van der Waals surface area contributed by atoms with Crippen molar-refractivity contribution in [1.29, 1.82) is 0 Å². The Bertz CT molecular complexity index is 944. The highest BCUT2D eigenvalue weighted by molar-refractivity contribution is 7.19. The summed E-state index contributed by atoms with van der Waals surface area (Å²) in [5.74, 6) is 0.819. The molecule has 1 aliphatic heterocycles. The van der Waals surface area contributed by atoms with Crippen molar-refractivity contribution < 1.29 is 18.7 Å². The summed E-state index contributed by atoms with van der Waals surface area (Å²) in [7, 11) is 0. The van der Waals surface area contributed by atoms with Gasteiger partial charge in [-0.05, 0) is 56.1 Å². The van der Waals surface area contributed by atoms with Crippen molar-refractivity contribution in [1.82, 2.24) is 9.88 Å². The Labute approximate surface area is 185 Å². The van der Waals surface area contributed by atoms with Crippen LogP contribution in [0.4, 0.5) is 4.39 Å². The lowest BCUT2D eigenvalue weighted by atomic mass is 9.91. The number of thiophene rings is 1. The maximum Gasteiger partial charge on any atom is 0.218 e. The molecule has 0 radical (unpaired) electrons. The van der Waals surface area contributed by atoms with Gasteiger partial charge in [-0.2, -0.15) is 0 Å². The number of aryl methyl sites for hydroxylation is 1. The number of fused-ring (bicyclic) bond motifs is 3. The van der Waals surface area contributed by atoms with E-state index in [-0.39, 0.29) is 24.0 Å². The third-order valence-electron chi connectivity index (χ3n) is 7.04. The maximum absolute atomic E-state index is 13.0. The SMILES string of the molecule is NC(=O)C[C@H]1CCc2sc3nccc(OC4CCC(N5CCO[C@H](CF)C5)CC4)c3c21. The van der Waals surface area contributed by atoms with Gasteiger partial charge in [0.05, 0.1) is 24.2 Å². The van der Waals surface area contributed by atoms with Gasteiger partial charge < -0.3 is 15.2 Å². The Morgan fingerprint density at radius 3 is 2.94 bits per heavy atom. The molecule has 0 aromatic carbocycles. The van der Waals surface area contributed by atoms with Gasteiger partial charge >= 0.3 is 0 Å². The number of amides is 1. The molecule has 1 amide bonds. The fraction of sp³-hybridized carbons (Fsp3) is 0.652. The minimum absolute atomic E-state index is 0.173. The van der Waals surface area contributed by atoms with E-state index in [0.29, 0.717) is 25.6 Å². The molecule has 2 aromatic rings. The second-order valence-electron chi connectivity index (χ2n) is 9.02. The van der Waals surface area contributed by atoms with Crippen molar-refractivity contribution in [3.63, 3.8) is 0 Å². The number of aromatic nitrogens is 1. The first-order chi connectivity index (χ1) is 15.1. The van der Waals surface area contributed by atoms with Gasteiger partial charge in [-0.15, -0.1) is 11.3 Å². The Morgan fingerprint density at radius 2 is 2.16 bits per heavy atom. The molecule has 2 aliphatic carbocycles. The lowest BCUT2D eigenvalue weighted by Crippen LogP contribution is -2.50. The molecule has 168 valence electrons. The summed E-state index contributed by atoms with van der Waals surface area (Å²) in [6, 6.07) is 2.45. The van der Waals surface area contributed by atoms with Crippen molar-refractivity contribution in [2.24, 2.45) is 5.73 Å². The zero-order valence-corrected chi connectivity index (χ0v) is 18.5. The zero-order valence-electron chi connectivity index (χ0n) is 17.7. The molecule has 2 N–H and O–H groups in total. The van der Waals surface area contributed by atoms with E-state index in [1.165, 1.54) is 10.4 Å². The molecule has 6 nitrogen and oxygen atoms in total. The minimum Gasteiger partial charge on any atom is -0.490 e. The second-order valence-corrected chi connectivity index (χ2v) is 10.1. The summed E-state index contributed by atoms with van der Waals surface area (Å²) in [4.78, 5) is 20.9. The van der Waals surface area contributed by atoms with Gasteiger partial charge in [0.25, 0.3) is 0 Å². The quantitative estimate of drug-likeness (QED) is 0.733. The number of carbonyl (C=O) groups is 1. The molecular weight excluding hydrogens is 417 g/mol. The van der Waals surface area contributed by atoms with Crippen LogP contribution in [0.3, 0.4) is 0 Å². The van der Waals surface area contributed by atoms with Crippen molar-refractivity contribution >= 4 is 27.5 Å². The van der Waals surface area contributed by atoms with Crippen LogP contribution < -0.4 is 10.5 Å². The fourth-order valence-electron chi connectivity index (χ4n) is 5.55. The normalized spacial score (nSPS) is 29.2. The molecule has 2 aromatic heterocycles. The largest absolute Gasteiger partial charge is 0.490 e. The summed E-state index contributed by atoms with van der Waals surface area (Å²) >= 11 is 1.72. The average Bonchev–Trinajstić information content (AvgIpc) is 3.34. The van der Waals surface area contributed by atoms with Gasteiger partial charge in [-0.25, -0.2) is 9.37 Å². The van der Waals surface area contributed by atoms with Crippen LogP contribution >= 0.6 is 11.3 Å². The molecule has 5 rings (SSSR count). The molecule has 3 heterocycles. The number of primary amides is 1. The Hall–Kier alpha value is -1.77. The molecule has 2 fully saturated rings. The first kappa shape index (κ1) is 21.1. The number of nitrogens with zero attached hydrogens (tertiary/aromatic N) is 2. The molecule has 0 unspecified atom stereocenters. The van der Waals surface area contributed by atoms with Gasteiger partial charge in [0, 0.05) is 36.6 Å². The zero-order chi connectivity index (χ0) is 21.4. The van der Waals surface area contributed by atoms with Crippen LogP contribution in [-0.4, -0.2) is 60.4 Å². The highest BCUT2D eigenvalue weighted by Gasteiger charge is 2.33. The van der Waals surface area contributed by atoms with Gasteiger partial charge in [0.2, 0.25) is 5.91 Å². The summed E-state index contributed by atoms with van der Waals surface area (Å²) in [5, 5.41) is 1.09. The number of hydrogen-bond acceptors (Lipinski definition) is 6. The smallest absolute Gasteiger partial charge is 0.218 e. The number of alkyl halides is 1. The van der Waals surface area contributed by atoms with Crippen molar-refractivity contribution in [3.8, 4) is 5.75 Å². The third-order valence-corrected chi connectivity index (χ3v) is 8.21. The number of carbonyl (C=O) groups excluding carboxylic acids is 1. The van der Waals surface area contributed by atoms with Gasteiger partial charge in [-0.1, -0.05) is 0 Å². The highest BCUT2D eigenvalue weighted by atomic mass is 32.1. The number of ether oxygens (including phenoxy) is 2. The van der Waals surface area contributed by atoms with Crippen LogP contribution in [-0.2, 0) is 16.0 Å². The lowest BCUT2D eigenvalue weighted by molar-refractivity contribution is -0.118. The molecule has 3 aliphatic rings. The molecule has 8 heteroatoms. The van der Waals surface area contributed by atoms with Gasteiger partial charge in [0.15, 0.2) is 0 Å². The number of morpholine rings is 1. The molecule has 31 heavy (non-hydrogen) atoms. The first-order valence-electron chi connectivity index (χ1n) is 11.4. The molecule has 1 saturated carbocycles. The van der Waals surface area contributed by atoms with Crippen molar-refractivity contribution in [2.45, 2.75) is 69.1 Å². The number of rotatable bonds is 6. The molecular formula is C23H30FN3O3S. The summed E-state index contributed by atoms with van der Waals surface area (Å²) in [5.41, 5.74) is 6.74. The minimum atomic E-state index is -0.408.